The molecular weight excluding hydrogens is 455 g/mol. The molecule has 0 spiro atoms. The number of nitrogens with zero attached hydrogens (tertiary/aromatic N) is 4. The van der Waals surface area contributed by atoms with Gasteiger partial charge < -0.3 is 19.5 Å². The molecule has 0 radical (unpaired) electrons. The zero-order valence-corrected chi connectivity index (χ0v) is 19.3. The number of benzene rings is 1. The predicted molar refractivity (Wildman–Crippen MR) is 119 cm³/mol. The number of ether oxygens (including phenoxy) is 1. The summed E-state index contributed by atoms with van der Waals surface area (Å²) in [6, 6.07) is 2.33. The number of anilines is 1. The maximum absolute atomic E-state index is 13.8. The van der Waals surface area contributed by atoms with Gasteiger partial charge in [-0.1, -0.05) is 0 Å². The van der Waals surface area contributed by atoms with Crippen molar-refractivity contribution >= 4 is 28.5 Å². The van der Waals surface area contributed by atoms with Gasteiger partial charge in [-0.25, -0.2) is 9.78 Å². The number of rotatable bonds is 5. The van der Waals surface area contributed by atoms with E-state index >= 15 is 0 Å². The summed E-state index contributed by atoms with van der Waals surface area (Å²) >= 11 is 0. The molecule has 1 aliphatic carbocycles. The number of nitrogens with one attached hydrogen (secondary N) is 1. The van der Waals surface area contributed by atoms with Crippen LogP contribution in [0.1, 0.15) is 58.3 Å². The molecule has 1 saturated heterocycles. The molecular formula is C22H28F3N5O4. The summed E-state index contributed by atoms with van der Waals surface area (Å²) in [5, 5.41) is 14.5. The predicted octanol–water partition coefficient (Wildman–Crippen LogP) is 5.04. The van der Waals surface area contributed by atoms with E-state index in [-0.39, 0.29) is 34.4 Å². The third-order valence-electron chi connectivity index (χ3n) is 5.95. The van der Waals surface area contributed by atoms with E-state index in [1.807, 2.05) is 0 Å². The molecule has 1 aromatic carbocycles. The molecule has 2 aliphatic rings. The first kappa shape index (κ1) is 24.1. The second kappa shape index (κ2) is 8.62. The van der Waals surface area contributed by atoms with E-state index in [0.717, 1.165) is 6.42 Å². The molecule has 2 fully saturated rings. The molecule has 12 heteroatoms. The van der Waals surface area contributed by atoms with Crippen LogP contribution in [0.15, 0.2) is 12.1 Å². The van der Waals surface area contributed by atoms with Crippen molar-refractivity contribution in [2.24, 2.45) is 5.92 Å². The van der Waals surface area contributed by atoms with Crippen LogP contribution in [0.25, 0.3) is 11.0 Å². The Balaban J connectivity index is 1.66. The van der Waals surface area contributed by atoms with E-state index in [0.29, 0.717) is 38.9 Å². The first-order chi connectivity index (χ1) is 15.8. The van der Waals surface area contributed by atoms with E-state index in [1.54, 1.807) is 25.7 Å². The zero-order valence-electron chi connectivity index (χ0n) is 19.3. The quantitative estimate of drug-likeness (QED) is 0.472. The molecule has 2 heterocycles. The lowest BCUT2D eigenvalue weighted by Gasteiger charge is -2.34. The van der Waals surface area contributed by atoms with Gasteiger partial charge in [-0.2, -0.15) is 13.2 Å². The first-order valence-corrected chi connectivity index (χ1v) is 11.3. The lowest BCUT2D eigenvalue weighted by molar-refractivity contribution is -0.384. The Hall–Kier alpha value is -3.05. The average Bonchev–Trinajstić information content (AvgIpc) is 3.48. The highest BCUT2D eigenvalue weighted by Crippen LogP contribution is 2.46. The summed E-state index contributed by atoms with van der Waals surface area (Å²) in [6.07, 6.45) is -2.57. The number of fused-ring (bicyclic) bond motifs is 1. The molecule has 1 saturated carbocycles. The summed E-state index contributed by atoms with van der Waals surface area (Å²) < 4.78 is 47.8. The van der Waals surface area contributed by atoms with Crippen molar-refractivity contribution in [3.8, 4) is 0 Å². The third-order valence-corrected chi connectivity index (χ3v) is 5.95. The number of carbonyl (C=O) groups is 1. The van der Waals surface area contributed by atoms with Crippen molar-refractivity contribution in [1.82, 2.24) is 14.9 Å². The smallest absolute Gasteiger partial charge is 0.444 e. The van der Waals surface area contributed by atoms with Crippen LogP contribution in [0.4, 0.5) is 29.3 Å². The Morgan fingerprint density at radius 1 is 1.26 bits per heavy atom. The van der Waals surface area contributed by atoms with Gasteiger partial charge in [0.05, 0.1) is 10.4 Å². The Kier molecular flexibility index (Phi) is 6.11. The average molecular weight is 483 g/mol. The van der Waals surface area contributed by atoms with Gasteiger partial charge in [0.25, 0.3) is 5.69 Å². The lowest BCUT2D eigenvalue weighted by atomic mass is 9.97. The van der Waals surface area contributed by atoms with Gasteiger partial charge in [0, 0.05) is 31.7 Å². The van der Waals surface area contributed by atoms with Crippen LogP contribution in [-0.2, 0) is 10.9 Å². The molecule has 1 aliphatic heterocycles. The molecule has 2 aromatic rings. The van der Waals surface area contributed by atoms with Crippen LogP contribution < -0.4 is 10.2 Å². The van der Waals surface area contributed by atoms with Gasteiger partial charge >= 0.3 is 12.3 Å². The zero-order chi connectivity index (χ0) is 24.8. The number of alkyl halides is 3. The lowest BCUT2D eigenvalue weighted by Crippen LogP contribution is -2.42. The van der Waals surface area contributed by atoms with E-state index < -0.39 is 28.6 Å². The minimum atomic E-state index is -4.67. The van der Waals surface area contributed by atoms with Crippen molar-refractivity contribution < 1.29 is 27.6 Å². The number of hydrogen-bond acceptors (Lipinski definition) is 6. The van der Waals surface area contributed by atoms with Crippen LogP contribution in [0.2, 0.25) is 0 Å². The van der Waals surface area contributed by atoms with Crippen molar-refractivity contribution in [2.45, 2.75) is 64.3 Å². The fourth-order valence-corrected chi connectivity index (χ4v) is 4.47. The fraction of sp³-hybridized carbons (Fsp3) is 0.636. The molecule has 186 valence electrons. The Morgan fingerprint density at radius 3 is 2.56 bits per heavy atom. The van der Waals surface area contributed by atoms with E-state index in [4.69, 9.17) is 4.74 Å². The number of carbonyl (C=O) groups excluding carboxylic acids is 1. The fourth-order valence-electron chi connectivity index (χ4n) is 4.47. The van der Waals surface area contributed by atoms with E-state index in [9.17, 15) is 28.1 Å². The summed E-state index contributed by atoms with van der Waals surface area (Å²) in [5.41, 5.74) is -0.564. The van der Waals surface area contributed by atoms with Crippen molar-refractivity contribution in [3.63, 3.8) is 0 Å². The van der Waals surface area contributed by atoms with Crippen molar-refractivity contribution in [2.75, 3.05) is 24.5 Å². The maximum atomic E-state index is 13.8. The van der Waals surface area contributed by atoms with Gasteiger partial charge in [0.1, 0.15) is 16.8 Å². The van der Waals surface area contributed by atoms with Crippen molar-refractivity contribution in [1.29, 1.82) is 0 Å². The van der Waals surface area contributed by atoms with Crippen LogP contribution in [0.5, 0.6) is 0 Å². The number of aromatic nitrogens is 2. The number of imidazole rings is 1. The van der Waals surface area contributed by atoms with Crippen molar-refractivity contribution in [3.05, 3.63) is 28.1 Å². The number of amides is 1. The van der Waals surface area contributed by atoms with E-state index in [1.165, 1.54) is 16.7 Å². The summed E-state index contributed by atoms with van der Waals surface area (Å²) in [7, 11) is 0. The minimum Gasteiger partial charge on any atom is -0.444 e. The largest absolute Gasteiger partial charge is 0.449 e. The number of halogens is 3. The number of alkyl carbamates (subject to hydrolysis) is 1. The highest BCUT2D eigenvalue weighted by Gasteiger charge is 2.43. The Bertz CT molecular complexity index is 1100. The van der Waals surface area contributed by atoms with E-state index in [2.05, 4.69) is 10.3 Å². The Morgan fingerprint density at radius 2 is 1.97 bits per heavy atom. The number of nitro groups is 1. The molecule has 0 unspecified atom stereocenters. The second-order valence-corrected chi connectivity index (χ2v) is 9.93. The van der Waals surface area contributed by atoms with Crippen LogP contribution in [0.3, 0.4) is 0 Å². The van der Waals surface area contributed by atoms with Gasteiger partial charge in [0.2, 0.25) is 5.82 Å². The topological polar surface area (TPSA) is 103 Å². The number of hydrogen-bond donors (Lipinski definition) is 1. The normalized spacial score (nSPS) is 19.4. The maximum Gasteiger partial charge on any atom is 0.449 e. The highest BCUT2D eigenvalue weighted by molar-refractivity contribution is 5.95. The molecule has 0 bridgehead atoms. The second-order valence-electron chi connectivity index (χ2n) is 9.93. The Labute approximate surface area is 194 Å². The molecule has 4 rings (SSSR count). The summed E-state index contributed by atoms with van der Waals surface area (Å²) in [5.74, 6) is -1.07. The highest BCUT2D eigenvalue weighted by atomic mass is 19.4. The molecule has 34 heavy (non-hydrogen) atoms. The third kappa shape index (κ3) is 5.05. The number of nitro benzene ring substituents is 1. The number of piperidine rings is 1. The molecule has 1 aromatic heterocycles. The van der Waals surface area contributed by atoms with Gasteiger partial charge in [-0.15, -0.1) is 0 Å². The molecule has 1 atom stereocenters. The molecule has 9 nitrogen and oxygen atoms in total. The SMILES string of the molecule is CC(C)(C)OC(=O)NC[C@@H]1CCCN(c2c([N+](=O)[O-])ccc3c2nc(C(F)(F)F)n3C2CC2)C1. The van der Waals surface area contributed by atoms with Gasteiger partial charge in [0.15, 0.2) is 0 Å². The summed E-state index contributed by atoms with van der Waals surface area (Å²) in [4.78, 5) is 28.9. The summed E-state index contributed by atoms with van der Waals surface area (Å²) in [6.45, 7) is 6.34. The molecule has 1 N–H and O–H groups in total. The van der Waals surface area contributed by atoms with Crippen LogP contribution in [0, 0.1) is 16.0 Å². The van der Waals surface area contributed by atoms with Gasteiger partial charge in [-0.3, -0.25) is 10.1 Å². The standard InChI is InChI=1S/C22H28F3N5O4/c1-21(2,3)34-20(31)26-11-13-5-4-10-28(12-13)18-16(30(32)33)9-8-15-17(18)27-19(22(23,24)25)29(15)14-6-7-14/h8-9,13-14H,4-7,10-12H2,1-3H3,(H,26,31)/t13-/m0/s1. The first-order valence-electron chi connectivity index (χ1n) is 11.3. The minimum absolute atomic E-state index is 0.00539. The monoisotopic (exact) mass is 483 g/mol. The molecule has 1 amide bonds. The van der Waals surface area contributed by atoms with Crippen LogP contribution >= 0.6 is 0 Å². The van der Waals surface area contributed by atoms with Gasteiger partial charge in [-0.05, 0) is 58.4 Å². The van der Waals surface area contributed by atoms with Crippen LogP contribution in [-0.4, -0.2) is 45.8 Å².